The number of aliphatic imine (C=N–C) groups is 1. The minimum atomic E-state index is -0.0795. The van der Waals surface area contributed by atoms with Gasteiger partial charge < -0.3 is 5.32 Å². The molecule has 0 saturated heterocycles. The van der Waals surface area contributed by atoms with Gasteiger partial charge in [-0.3, -0.25) is 19.5 Å². The van der Waals surface area contributed by atoms with Crippen LogP contribution in [0.1, 0.15) is 16.7 Å². The zero-order valence-electron chi connectivity index (χ0n) is 14.9. The zero-order valence-corrected chi connectivity index (χ0v) is 15.7. The summed E-state index contributed by atoms with van der Waals surface area (Å²) in [4.78, 5) is 30.2. The molecule has 26 heavy (non-hydrogen) atoms. The molecule has 1 heterocycles. The summed E-state index contributed by atoms with van der Waals surface area (Å²) in [5.41, 5.74) is 4.16. The van der Waals surface area contributed by atoms with Gasteiger partial charge in [0.25, 0.3) is 5.91 Å². The van der Waals surface area contributed by atoms with Gasteiger partial charge in [-0.05, 0) is 37.1 Å². The van der Waals surface area contributed by atoms with E-state index in [2.05, 4.69) is 10.3 Å². The lowest BCUT2D eigenvalue weighted by molar-refractivity contribution is -0.118. The first-order chi connectivity index (χ1) is 12.5. The summed E-state index contributed by atoms with van der Waals surface area (Å²) in [6.07, 6.45) is 0. The standard InChI is InChI=1S/C20H21N3O2S/c1-14-7-9-17(10-8-14)23-19(25)12-22-20(23)26-13-18(24)21-11-16-6-4-3-5-15(16)2/h3-10H,11-13H2,1-2H3,(H,21,24). The monoisotopic (exact) mass is 367 g/mol. The topological polar surface area (TPSA) is 61.8 Å². The van der Waals surface area contributed by atoms with E-state index in [0.717, 1.165) is 22.4 Å². The Kier molecular flexibility index (Phi) is 5.73. The normalized spacial score (nSPS) is 13.7. The van der Waals surface area contributed by atoms with Crippen LogP contribution in [-0.4, -0.2) is 29.3 Å². The third-order valence-corrected chi connectivity index (χ3v) is 5.13. The van der Waals surface area contributed by atoms with Crippen molar-refractivity contribution >= 4 is 34.4 Å². The van der Waals surface area contributed by atoms with Crippen LogP contribution in [0, 0.1) is 13.8 Å². The van der Waals surface area contributed by atoms with Crippen molar-refractivity contribution in [3.8, 4) is 0 Å². The van der Waals surface area contributed by atoms with Gasteiger partial charge in [-0.1, -0.05) is 53.7 Å². The molecule has 1 aliphatic heterocycles. The molecular weight excluding hydrogens is 346 g/mol. The van der Waals surface area contributed by atoms with Crippen LogP contribution in [-0.2, 0) is 16.1 Å². The number of nitrogens with one attached hydrogen (secondary N) is 1. The van der Waals surface area contributed by atoms with E-state index in [1.54, 1.807) is 4.90 Å². The predicted octanol–water partition coefficient (Wildman–Crippen LogP) is 3.06. The molecule has 0 aliphatic carbocycles. The molecule has 0 bridgehead atoms. The summed E-state index contributed by atoms with van der Waals surface area (Å²) in [6.45, 7) is 4.65. The number of nitrogens with zero attached hydrogens (tertiary/aromatic N) is 2. The van der Waals surface area contributed by atoms with Crippen molar-refractivity contribution < 1.29 is 9.59 Å². The summed E-state index contributed by atoms with van der Waals surface area (Å²) in [7, 11) is 0. The van der Waals surface area contributed by atoms with Crippen molar-refractivity contribution in [2.45, 2.75) is 20.4 Å². The summed E-state index contributed by atoms with van der Waals surface area (Å²) in [6, 6.07) is 15.7. The van der Waals surface area contributed by atoms with Crippen molar-refractivity contribution in [1.29, 1.82) is 0 Å². The van der Waals surface area contributed by atoms with Crippen LogP contribution in [0.4, 0.5) is 5.69 Å². The van der Waals surface area contributed by atoms with Gasteiger partial charge in [0.05, 0.1) is 11.4 Å². The maximum Gasteiger partial charge on any atom is 0.254 e. The van der Waals surface area contributed by atoms with E-state index in [-0.39, 0.29) is 24.1 Å². The second kappa shape index (κ2) is 8.19. The number of carbonyl (C=O) groups excluding carboxylic acids is 2. The minimum absolute atomic E-state index is 0.0725. The SMILES string of the molecule is Cc1ccc(N2C(=O)CN=C2SCC(=O)NCc2ccccc2C)cc1. The zero-order chi connectivity index (χ0) is 18.5. The maximum absolute atomic E-state index is 12.2. The van der Waals surface area contributed by atoms with Crippen molar-refractivity contribution in [2.24, 2.45) is 4.99 Å². The highest BCUT2D eigenvalue weighted by atomic mass is 32.2. The molecule has 134 valence electrons. The molecule has 0 saturated carbocycles. The Balaban J connectivity index is 1.56. The van der Waals surface area contributed by atoms with Gasteiger partial charge in [-0.15, -0.1) is 0 Å². The fourth-order valence-electron chi connectivity index (χ4n) is 2.63. The lowest BCUT2D eigenvalue weighted by atomic mass is 10.1. The van der Waals surface area contributed by atoms with Gasteiger partial charge in [-0.25, -0.2) is 0 Å². The molecule has 2 amide bonds. The smallest absolute Gasteiger partial charge is 0.254 e. The molecule has 1 N–H and O–H groups in total. The molecule has 0 spiro atoms. The first kappa shape index (κ1) is 18.2. The van der Waals surface area contributed by atoms with E-state index >= 15 is 0 Å². The molecule has 0 radical (unpaired) electrons. The highest BCUT2D eigenvalue weighted by molar-refractivity contribution is 8.14. The van der Waals surface area contributed by atoms with Crippen LogP contribution in [0.25, 0.3) is 0 Å². The van der Waals surface area contributed by atoms with Gasteiger partial charge >= 0.3 is 0 Å². The first-order valence-electron chi connectivity index (χ1n) is 8.42. The Morgan fingerprint density at radius 2 is 1.88 bits per heavy atom. The number of rotatable bonds is 5. The Morgan fingerprint density at radius 3 is 2.62 bits per heavy atom. The molecule has 3 rings (SSSR count). The van der Waals surface area contributed by atoms with Crippen LogP contribution >= 0.6 is 11.8 Å². The number of hydrogen-bond donors (Lipinski definition) is 1. The van der Waals surface area contributed by atoms with E-state index in [9.17, 15) is 9.59 Å². The molecule has 2 aromatic carbocycles. The quantitative estimate of drug-likeness (QED) is 0.883. The van der Waals surface area contributed by atoms with Crippen molar-refractivity contribution in [3.05, 3.63) is 65.2 Å². The number of amidine groups is 1. The first-order valence-corrected chi connectivity index (χ1v) is 9.41. The van der Waals surface area contributed by atoms with Crippen LogP contribution in [0.5, 0.6) is 0 Å². The third kappa shape index (κ3) is 4.32. The van der Waals surface area contributed by atoms with Crippen LogP contribution < -0.4 is 10.2 Å². The third-order valence-electron chi connectivity index (χ3n) is 4.15. The Morgan fingerprint density at radius 1 is 1.15 bits per heavy atom. The largest absolute Gasteiger partial charge is 0.351 e. The molecule has 0 atom stereocenters. The number of amides is 2. The highest BCUT2D eigenvalue weighted by Gasteiger charge is 2.27. The summed E-state index contributed by atoms with van der Waals surface area (Å²) in [5.74, 6) is 0.0706. The molecule has 6 heteroatoms. The van der Waals surface area contributed by atoms with Gasteiger partial charge in [0.1, 0.15) is 6.54 Å². The Hall–Kier alpha value is -2.60. The Labute approximate surface area is 157 Å². The number of thioether (sulfide) groups is 1. The molecule has 1 aliphatic rings. The van der Waals surface area contributed by atoms with Gasteiger partial charge in [0.15, 0.2) is 5.17 Å². The van der Waals surface area contributed by atoms with E-state index in [1.807, 2.05) is 62.4 Å². The van der Waals surface area contributed by atoms with E-state index in [4.69, 9.17) is 0 Å². The van der Waals surface area contributed by atoms with Crippen molar-refractivity contribution in [1.82, 2.24) is 5.32 Å². The van der Waals surface area contributed by atoms with E-state index in [1.165, 1.54) is 11.8 Å². The number of aryl methyl sites for hydroxylation is 2. The maximum atomic E-state index is 12.2. The molecule has 5 nitrogen and oxygen atoms in total. The minimum Gasteiger partial charge on any atom is -0.351 e. The van der Waals surface area contributed by atoms with Crippen LogP contribution in [0.3, 0.4) is 0 Å². The van der Waals surface area contributed by atoms with Gasteiger partial charge in [0, 0.05) is 6.54 Å². The van der Waals surface area contributed by atoms with Crippen LogP contribution in [0.2, 0.25) is 0 Å². The number of carbonyl (C=O) groups is 2. The van der Waals surface area contributed by atoms with E-state index in [0.29, 0.717) is 11.7 Å². The van der Waals surface area contributed by atoms with Gasteiger partial charge in [0.2, 0.25) is 5.91 Å². The molecular formula is C20H21N3O2S. The lowest BCUT2D eigenvalue weighted by Crippen LogP contribution is -2.32. The van der Waals surface area contributed by atoms with Crippen molar-refractivity contribution in [3.63, 3.8) is 0 Å². The second-order valence-electron chi connectivity index (χ2n) is 6.16. The fraction of sp³-hybridized carbons (Fsp3) is 0.250. The fourth-order valence-corrected chi connectivity index (χ4v) is 3.48. The Bertz CT molecular complexity index is 846. The predicted molar refractivity (Wildman–Crippen MR) is 106 cm³/mol. The number of hydrogen-bond acceptors (Lipinski definition) is 4. The summed E-state index contributed by atoms with van der Waals surface area (Å²) < 4.78 is 0. The van der Waals surface area contributed by atoms with Crippen molar-refractivity contribution in [2.75, 3.05) is 17.2 Å². The summed E-state index contributed by atoms with van der Waals surface area (Å²) >= 11 is 1.29. The summed E-state index contributed by atoms with van der Waals surface area (Å²) in [5, 5.41) is 3.49. The highest BCUT2D eigenvalue weighted by Crippen LogP contribution is 2.24. The van der Waals surface area contributed by atoms with Gasteiger partial charge in [-0.2, -0.15) is 0 Å². The van der Waals surface area contributed by atoms with E-state index < -0.39 is 0 Å². The average Bonchev–Trinajstić information content (AvgIpc) is 3.00. The molecule has 0 fully saturated rings. The van der Waals surface area contributed by atoms with Crippen LogP contribution in [0.15, 0.2) is 53.5 Å². The molecule has 2 aromatic rings. The average molecular weight is 367 g/mol. The lowest BCUT2D eigenvalue weighted by Gasteiger charge is -2.18. The molecule has 0 unspecified atom stereocenters. The molecule has 0 aromatic heterocycles. The number of anilines is 1. The number of benzene rings is 2. The second-order valence-corrected chi connectivity index (χ2v) is 7.10.